The quantitative estimate of drug-likeness (QED) is 0.855. The summed E-state index contributed by atoms with van der Waals surface area (Å²) in [6.07, 6.45) is -5.18. The number of benzene rings is 1. The Hall–Kier alpha value is -2.12. The van der Waals surface area contributed by atoms with E-state index in [0.717, 1.165) is 12.1 Å². The molecule has 0 radical (unpaired) electrons. The minimum atomic E-state index is -5.18. The largest absolute Gasteiger partial charge is 0.480 e. The maximum absolute atomic E-state index is 12.9. The van der Waals surface area contributed by atoms with E-state index in [1.807, 2.05) is 0 Å². The van der Waals surface area contributed by atoms with Crippen LogP contribution in [0.25, 0.3) is 0 Å². The molecule has 4 nitrogen and oxygen atoms in total. The molecule has 0 atom stereocenters. The van der Waals surface area contributed by atoms with Crippen molar-refractivity contribution in [3.63, 3.8) is 0 Å². The highest BCUT2D eigenvalue weighted by atomic mass is 19.4. The molecule has 0 fully saturated rings. The summed E-state index contributed by atoms with van der Waals surface area (Å²) in [4.78, 5) is 21.6. The van der Waals surface area contributed by atoms with Crippen molar-refractivity contribution < 1.29 is 32.3 Å². The highest BCUT2D eigenvalue weighted by molar-refractivity contribution is 5.85. The van der Waals surface area contributed by atoms with Gasteiger partial charge in [0.05, 0.1) is 0 Å². The molecule has 0 saturated carbocycles. The number of nitrogens with zero attached hydrogens (tertiary/aromatic N) is 1. The van der Waals surface area contributed by atoms with Crippen molar-refractivity contribution in [2.75, 3.05) is 6.54 Å². The fourth-order valence-electron chi connectivity index (χ4n) is 1.40. The number of alkyl halides is 3. The smallest absolute Gasteiger partial charge is 0.471 e. The van der Waals surface area contributed by atoms with Crippen LogP contribution in [0.4, 0.5) is 17.6 Å². The molecule has 1 rings (SSSR count). The van der Waals surface area contributed by atoms with Crippen LogP contribution in [-0.2, 0) is 16.1 Å². The molecule has 8 heteroatoms. The predicted molar refractivity (Wildman–Crippen MR) is 55.5 cm³/mol. The van der Waals surface area contributed by atoms with Crippen molar-refractivity contribution in [1.29, 1.82) is 0 Å². The molecule has 1 aromatic rings. The lowest BCUT2D eigenvalue weighted by atomic mass is 10.2. The van der Waals surface area contributed by atoms with Gasteiger partial charge in [-0.15, -0.1) is 0 Å². The van der Waals surface area contributed by atoms with Crippen molar-refractivity contribution in [2.24, 2.45) is 0 Å². The molecule has 0 spiro atoms. The summed E-state index contributed by atoms with van der Waals surface area (Å²) in [5.41, 5.74) is 0.0684. The minimum Gasteiger partial charge on any atom is -0.480 e. The summed E-state index contributed by atoms with van der Waals surface area (Å²) in [5.74, 6) is -4.56. The standard InChI is InChI=1S/C11H9F4NO3/c12-8-3-1-2-7(4-8)5-16(6-9(17)18)10(19)11(13,14)15/h1-4H,5-6H2,(H,17,18). The molecule has 0 heterocycles. The second kappa shape index (κ2) is 5.68. The second-order valence-electron chi connectivity index (χ2n) is 3.68. The van der Waals surface area contributed by atoms with Gasteiger partial charge in [0.25, 0.3) is 0 Å². The van der Waals surface area contributed by atoms with Gasteiger partial charge in [-0.1, -0.05) is 12.1 Å². The molecule has 1 aromatic carbocycles. The molecular weight excluding hydrogens is 270 g/mol. The molecule has 0 bridgehead atoms. The van der Waals surface area contributed by atoms with Gasteiger partial charge >= 0.3 is 18.1 Å². The zero-order valence-corrected chi connectivity index (χ0v) is 9.45. The highest BCUT2D eigenvalue weighted by Gasteiger charge is 2.43. The van der Waals surface area contributed by atoms with E-state index >= 15 is 0 Å². The van der Waals surface area contributed by atoms with Crippen LogP contribution in [0, 0.1) is 5.82 Å². The number of carbonyl (C=O) groups excluding carboxylic acids is 1. The van der Waals surface area contributed by atoms with Crippen molar-refractivity contribution >= 4 is 11.9 Å². The summed E-state index contributed by atoms with van der Waals surface area (Å²) in [5, 5.41) is 8.50. The molecule has 0 saturated heterocycles. The Labute approximate surface area is 105 Å². The Morgan fingerprint density at radius 2 is 1.89 bits per heavy atom. The SMILES string of the molecule is O=C(O)CN(Cc1cccc(F)c1)C(=O)C(F)(F)F. The first-order valence-electron chi connectivity index (χ1n) is 5.02. The Morgan fingerprint density at radius 3 is 2.37 bits per heavy atom. The van der Waals surface area contributed by atoms with Gasteiger partial charge in [-0.2, -0.15) is 13.2 Å². The van der Waals surface area contributed by atoms with Crippen molar-refractivity contribution in [3.05, 3.63) is 35.6 Å². The van der Waals surface area contributed by atoms with Gasteiger partial charge in [0.2, 0.25) is 0 Å². The zero-order chi connectivity index (χ0) is 14.6. The first-order valence-corrected chi connectivity index (χ1v) is 5.02. The topological polar surface area (TPSA) is 57.6 Å². The van der Waals surface area contributed by atoms with Gasteiger partial charge in [-0.25, -0.2) is 4.39 Å². The number of carboxylic acid groups (broad SMARTS) is 1. The van der Waals surface area contributed by atoms with Crippen LogP contribution in [-0.4, -0.2) is 34.6 Å². The first kappa shape index (κ1) is 14.9. The summed E-state index contributed by atoms with van der Waals surface area (Å²) < 4.78 is 49.7. The maximum Gasteiger partial charge on any atom is 0.471 e. The lowest BCUT2D eigenvalue weighted by Gasteiger charge is -2.21. The first-order chi connectivity index (χ1) is 8.70. The Kier molecular flexibility index (Phi) is 4.47. The molecule has 1 amide bonds. The van der Waals surface area contributed by atoms with Crippen molar-refractivity contribution in [1.82, 2.24) is 4.90 Å². The fraction of sp³-hybridized carbons (Fsp3) is 0.273. The van der Waals surface area contributed by atoms with E-state index in [1.54, 1.807) is 0 Å². The van der Waals surface area contributed by atoms with Crippen LogP contribution in [0.15, 0.2) is 24.3 Å². The normalized spacial score (nSPS) is 11.2. The predicted octanol–water partition coefficient (Wildman–Crippen LogP) is 1.80. The van der Waals surface area contributed by atoms with Crippen LogP contribution in [0.1, 0.15) is 5.56 Å². The summed E-state index contributed by atoms with van der Waals surface area (Å²) in [7, 11) is 0. The fourth-order valence-corrected chi connectivity index (χ4v) is 1.40. The number of carboxylic acids is 1. The van der Waals surface area contributed by atoms with Crippen LogP contribution in [0.3, 0.4) is 0 Å². The maximum atomic E-state index is 12.9. The summed E-state index contributed by atoms with van der Waals surface area (Å²) in [6, 6.07) is 4.55. The summed E-state index contributed by atoms with van der Waals surface area (Å²) in [6.45, 7) is -1.75. The molecule has 0 aliphatic carbocycles. The van der Waals surface area contributed by atoms with Gasteiger partial charge < -0.3 is 10.0 Å². The lowest BCUT2D eigenvalue weighted by molar-refractivity contribution is -0.187. The number of amides is 1. The number of rotatable bonds is 4. The molecule has 0 aromatic heterocycles. The van der Waals surface area contributed by atoms with E-state index in [9.17, 15) is 27.2 Å². The van der Waals surface area contributed by atoms with E-state index in [0.29, 0.717) is 0 Å². The third-order valence-corrected chi connectivity index (χ3v) is 2.12. The molecule has 0 aliphatic rings. The average Bonchev–Trinajstić information content (AvgIpc) is 2.25. The molecule has 104 valence electrons. The molecule has 0 unspecified atom stereocenters. The second-order valence-corrected chi connectivity index (χ2v) is 3.68. The van der Waals surface area contributed by atoms with E-state index in [1.165, 1.54) is 12.1 Å². The summed E-state index contributed by atoms with van der Waals surface area (Å²) >= 11 is 0. The number of halogens is 4. The number of hydrogen-bond acceptors (Lipinski definition) is 2. The van der Waals surface area contributed by atoms with Gasteiger partial charge in [0.15, 0.2) is 0 Å². The third kappa shape index (κ3) is 4.57. The highest BCUT2D eigenvalue weighted by Crippen LogP contribution is 2.20. The molecule has 0 aliphatic heterocycles. The van der Waals surface area contributed by atoms with E-state index in [2.05, 4.69) is 0 Å². The van der Waals surface area contributed by atoms with Gasteiger partial charge in [0.1, 0.15) is 12.4 Å². The van der Waals surface area contributed by atoms with Gasteiger partial charge in [0, 0.05) is 6.54 Å². The van der Waals surface area contributed by atoms with Crippen LogP contribution in [0.2, 0.25) is 0 Å². The number of hydrogen-bond donors (Lipinski definition) is 1. The van der Waals surface area contributed by atoms with Crippen LogP contribution < -0.4 is 0 Å². The number of aliphatic carboxylic acids is 1. The number of carbonyl (C=O) groups is 2. The lowest BCUT2D eigenvalue weighted by Crippen LogP contribution is -2.43. The van der Waals surface area contributed by atoms with Gasteiger partial charge in [-0.3, -0.25) is 9.59 Å². The monoisotopic (exact) mass is 279 g/mol. The Balaban J connectivity index is 2.92. The van der Waals surface area contributed by atoms with E-state index in [-0.39, 0.29) is 10.5 Å². The third-order valence-electron chi connectivity index (χ3n) is 2.12. The van der Waals surface area contributed by atoms with Crippen LogP contribution in [0.5, 0.6) is 0 Å². The Bertz CT molecular complexity index is 487. The average molecular weight is 279 g/mol. The molecule has 19 heavy (non-hydrogen) atoms. The Morgan fingerprint density at radius 1 is 1.26 bits per heavy atom. The minimum absolute atomic E-state index is 0.0684. The molecule has 1 N–H and O–H groups in total. The zero-order valence-electron chi connectivity index (χ0n) is 9.45. The van der Waals surface area contributed by atoms with E-state index < -0.39 is 37.0 Å². The van der Waals surface area contributed by atoms with E-state index in [4.69, 9.17) is 5.11 Å². The van der Waals surface area contributed by atoms with Gasteiger partial charge in [-0.05, 0) is 17.7 Å². The van der Waals surface area contributed by atoms with Crippen LogP contribution >= 0.6 is 0 Å². The van der Waals surface area contributed by atoms with Crippen molar-refractivity contribution in [2.45, 2.75) is 12.7 Å². The molecular formula is C11H9F4NO3. The van der Waals surface area contributed by atoms with Crippen molar-refractivity contribution in [3.8, 4) is 0 Å².